The van der Waals surface area contributed by atoms with Crippen molar-refractivity contribution in [2.45, 2.75) is 24.9 Å². The van der Waals surface area contributed by atoms with Crippen LogP contribution in [-0.2, 0) is 6.18 Å². The Bertz CT molecular complexity index is 505. The largest absolute Gasteiger partial charge is 0.416 e. The maximum Gasteiger partial charge on any atom is 0.416 e. The van der Waals surface area contributed by atoms with E-state index in [0.29, 0.717) is 5.56 Å². The van der Waals surface area contributed by atoms with Crippen LogP contribution in [0.1, 0.15) is 40.2 Å². The molecule has 0 fully saturated rings. The molecule has 1 aromatic rings. The van der Waals surface area contributed by atoms with Crippen molar-refractivity contribution in [1.82, 2.24) is 0 Å². The van der Waals surface area contributed by atoms with E-state index in [0.717, 1.165) is 25.0 Å². The predicted octanol–water partition coefficient (Wildman–Crippen LogP) is 3.24. The highest BCUT2D eigenvalue weighted by Crippen LogP contribution is 2.35. The minimum Gasteiger partial charge on any atom is -0.366 e. The van der Waals surface area contributed by atoms with Crippen molar-refractivity contribution >= 4 is 5.91 Å². The van der Waals surface area contributed by atoms with Crippen molar-refractivity contribution in [2.75, 3.05) is 0 Å². The van der Waals surface area contributed by atoms with Gasteiger partial charge in [0.25, 0.3) is 0 Å². The maximum absolute atomic E-state index is 12.6. The number of benzene rings is 1. The van der Waals surface area contributed by atoms with Crippen molar-refractivity contribution in [1.29, 1.82) is 0 Å². The number of carbonyl (C=O) groups is 1. The molecule has 2 N–H and O–H groups in total. The van der Waals surface area contributed by atoms with E-state index in [4.69, 9.17) is 5.73 Å². The standard InChI is InChI=1S/C13H12F3NO/c14-13(15,16)9-5-6-10(8-3-1-2-4-8)11(7-9)12(17)18/h1,3,5-8H,2,4H2,(H2,17,18). The monoisotopic (exact) mass is 255 g/mol. The minimum absolute atomic E-state index is 0.0187. The fraction of sp³-hybridized carbons (Fsp3) is 0.308. The summed E-state index contributed by atoms with van der Waals surface area (Å²) in [6.07, 6.45) is 1.05. The molecule has 0 heterocycles. The van der Waals surface area contributed by atoms with E-state index < -0.39 is 17.6 Å². The molecule has 1 unspecified atom stereocenters. The van der Waals surface area contributed by atoms with Gasteiger partial charge in [0.2, 0.25) is 5.91 Å². The van der Waals surface area contributed by atoms with Crippen LogP contribution in [0.4, 0.5) is 13.2 Å². The van der Waals surface area contributed by atoms with Crippen molar-refractivity contribution in [3.05, 3.63) is 47.0 Å². The number of alkyl halides is 3. The molecule has 0 saturated carbocycles. The molecule has 2 nitrogen and oxygen atoms in total. The van der Waals surface area contributed by atoms with Gasteiger partial charge in [-0.1, -0.05) is 18.2 Å². The highest BCUT2D eigenvalue weighted by Gasteiger charge is 2.32. The number of rotatable bonds is 2. The molecule has 1 atom stereocenters. The summed E-state index contributed by atoms with van der Waals surface area (Å²) < 4.78 is 37.7. The van der Waals surface area contributed by atoms with E-state index in [2.05, 4.69) is 0 Å². The number of hydrogen-bond acceptors (Lipinski definition) is 1. The second kappa shape index (κ2) is 4.48. The quantitative estimate of drug-likeness (QED) is 0.810. The summed E-state index contributed by atoms with van der Waals surface area (Å²) >= 11 is 0. The minimum atomic E-state index is -4.46. The van der Waals surface area contributed by atoms with Crippen LogP contribution in [0.2, 0.25) is 0 Å². The second-order valence-corrected chi connectivity index (χ2v) is 4.28. The van der Waals surface area contributed by atoms with Crippen LogP contribution in [-0.4, -0.2) is 5.91 Å². The van der Waals surface area contributed by atoms with Crippen molar-refractivity contribution in [3.8, 4) is 0 Å². The fourth-order valence-electron chi connectivity index (χ4n) is 2.16. The average Bonchev–Trinajstić information content (AvgIpc) is 2.80. The summed E-state index contributed by atoms with van der Waals surface area (Å²) in [6.45, 7) is 0. The normalized spacial score (nSPS) is 19.2. The summed E-state index contributed by atoms with van der Waals surface area (Å²) in [7, 11) is 0. The van der Waals surface area contributed by atoms with E-state index >= 15 is 0 Å². The number of nitrogens with two attached hydrogens (primary N) is 1. The van der Waals surface area contributed by atoms with Crippen molar-refractivity contribution < 1.29 is 18.0 Å². The van der Waals surface area contributed by atoms with Gasteiger partial charge in [-0.05, 0) is 30.5 Å². The van der Waals surface area contributed by atoms with Gasteiger partial charge in [0.05, 0.1) is 5.56 Å². The first kappa shape index (κ1) is 12.7. The molecule has 0 saturated heterocycles. The van der Waals surface area contributed by atoms with Crippen LogP contribution in [0.25, 0.3) is 0 Å². The number of primary amides is 1. The van der Waals surface area contributed by atoms with Gasteiger partial charge in [-0.25, -0.2) is 0 Å². The summed E-state index contributed by atoms with van der Waals surface area (Å²) in [5.74, 6) is -0.841. The Morgan fingerprint density at radius 2 is 2.06 bits per heavy atom. The van der Waals surface area contributed by atoms with Crippen LogP contribution in [0.5, 0.6) is 0 Å². The highest BCUT2D eigenvalue weighted by molar-refractivity contribution is 5.95. The Hall–Kier alpha value is -1.78. The maximum atomic E-state index is 12.6. The summed E-state index contributed by atoms with van der Waals surface area (Å²) in [5, 5.41) is 0. The van der Waals surface area contributed by atoms with Gasteiger partial charge in [-0.3, -0.25) is 4.79 Å². The SMILES string of the molecule is NC(=O)c1cc(C(F)(F)F)ccc1C1C=CCC1. The third-order valence-electron chi connectivity index (χ3n) is 3.06. The molecule has 0 spiro atoms. The van der Waals surface area contributed by atoms with E-state index in [1.807, 2.05) is 12.2 Å². The molecule has 1 aliphatic carbocycles. The molecule has 96 valence electrons. The first-order valence-electron chi connectivity index (χ1n) is 5.57. The van der Waals surface area contributed by atoms with Crippen molar-refractivity contribution in [2.24, 2.45) is 5.73 Å². The summed E-state index contributed by atoms with van der Waals surface area (Å²) in [6, 6.07) is 3.18. The van der Waals surface area contributed by atoms with Crippen LogP contribution in [0, 0.1) is 0 Å². The zero-order chi connectivity index (χ0) is 13.3. The molecule has 0 bridgehead atoms. The Labute approximate surface area is 102 Å². The summed E-state index contributed by atoms with van der Waals surface area (Å²) in [4.78, 5) is 11.3. The lowest BCUT2D eigenvalue weighted by Gasteiger charge is -2.15. The van der Waals surface area contributed by atoms with E-state index in [-0.39, 0.29) is 11.5 Å². The van der Waals surface area contributed by atoms with E-state index in [1.165, 1.54) is 6.07 Å². The fourth-order valence-corrected chi connectivity index (χ4v) is 2.16. The topological polar surface area (TPSA) is 43.1 Å². The zero-order valence-corrected chi connectivity index (χ0v) is 9.50. The molecule has 2 rings (SSSR count). The summed E-state index contributed by atoms with van der Waals surface area (Å²) in [5.41, 5.74) is 4.85. The van der Waals surface area contributed by atoms with Gasteiger partial charge in [0.15, 0.2) is 0 Å². The van der Waals surface area contributed by atoms with Crippen LogP contribution in [0.3, 0.4) is 0 Å². The number of halogens is 3. The molecule has 1 aliphatic rings. The zero-order valence-electron chi connectivity index (χ0n) is 9.50. The van der Waals surface area contributed by atoms with Gasteiger partial charge in [-0.15, -0.1) is 0 Å². The molecular weight excluding hydrogens is 243 g/mol. The smallest absolute Gasteiger partial charge is 0.366 e. The number of allylic oxidation sites excluding steroid dienone is 2. The predicted molar refractivity (Wildman–Crippen MR) is 61.1 cm³/mol. The van der Waals surface area contributed by atoms with Crippen LogP contribution in [0.15, 0.2) is 30.4 Å². The molecule has 1 amide bonds. The third-order valence-corrected chi connectivity index (χ3v) is 3.06. The lowest BCUT2D eigenvalue weighted by atomic mass is 9.92. The van der Waals surface area contributed by atoms with Gasteiger partial charge in [-0.2, -0.15) is 13.2 Å². The van der Waals surface area contributed by atoms with Gasteiger partial charge < -0.3 is 5.73 Å². The molecule has 0 aliphatic heterocycles. The molecule has 0 radical (unpaired) electrons. The lowest BCUT2D eigenvalue weighted by molar-refractivity contribution is -0.137. The van der Waals surface area contributed by atoms with Gasteiger partial charge in [0, 0.05) is 11.5 Å². The molecule has 5 heteroatoms. The molecular formula is C13H12F3NO. The Kier molecular flexibility index (Phi) is 3.15. The Morgan fingerprint density at radius 3 is 2.56 bits per heavy atom. The van der Waals surface area contributed by atoms with Crippen LogP contribution >= 0.6 is 0 Å². The number of hydrogen-bond donors (Lipinski definition) is 1. The van der Waals surface area contributed by atoms with Crippen molar-refractivity contribution in [3.63, 3.8) is 0 Å². The molecule has 18 heavy (non-hydrogen) atoms. The van der Waals surface area contributed by atoms with E-state index in [9.17, 15) is 18.0 Å². The van der Waals surface area contributed by atoms with Crippen LogP contribution < -0.4 is 5.73 Å². The second-order valence-electron chi connectivity index (χ2n) is 4.28. The Morgan fingerprint density at radius 1 is 1.33 bits per heavy atom. The highest BCUT2D eigenvalue weighted by atomic mass is 19.4. The average molecular weight is 255 g/mol. The molecule has 1 aromatic carbocycles. The first-order chi connectivity index (χ1) is 8.39. The first-order valence-corrected chi connectivity index (χ1v) is 5.57. The third kappa shape index (κ3) is 2.39. The van der Waals surface area contributed by atoms with E-state index in [1.54, 1.807) is 0 Å². The lowest BCUT2D eigenvalue weighted by Crippen LogP contribution is -2.17. The molecule has 0 aromatic heterocycles. The van der Waals surface area contributed by atoms with Gasteiger partial charge in [0.1, 0.15) is 0 Å². The Balaban J connectivity index is 2.48. The number of amides is 1. The van der Waals surface area contributed by atoms with Gasteiger partial charge >= 0.3 is 6.18 Å². The number of carbonyl (C=O) groups excluding carboxylic acids is 1.